The number of benzene rings is 3. The lowest BCUT2D eigenvalue weighted by atomic mass is 9.62. The minimum absolute atomic E-state index is 0.00608. The van der Waals surface area contributed by atoms with Crippen LogP contribution in [0.2, 0.25) is 0 Å². The van der Waals surface area contributed by atoms with Crippen LogP contribution >= 0.6 is 0 Å². The lowest BCUT2D eigenvalue weighted by Gasteiger charge is -2.50. The van der Waals surface area contributed by atoms with Gasteiger partial charge in [-0.1, -0.05) is 78.9 Å². The number of phenols is 1. The first-order valence-electron chi connectivity index (χ1n) is 21.8. The van der Waals surface area contributed by atoms with Crippen LogP contribution in [0.5, 0.6) is 5.75 Å². The van der Waals surface area contributed by atoms with Crippen LogP contribution in [0, 0.1) is 5.41 Å². The van der Waals surface area contributed by atoms with Gasteiger partial charge in [0.25, 0.3) is 0 Å². The molecule has 9 rings (SSSR count). The second-order valence-corrected chi connectivity index (χ2v) is 18.6. The molecule has 4 heterocycles. The molecule has 1 saturated carbocycles. The summed E-state index contributed by atoms with van der Waals surface area (Å²) in [6.07, 6.45) is 3.47. The molecular formula is C48H55N3O11. The molecule has 0 aromatic heterocycles. The number of allylic oxidation sites excluding steroid dienone is 1. The van der Waals surface area contributed by atoms with Gasteiger partial charge in [0.15, 0.2) is 11.8 Å². The molecule has 3 aromatic rings. The fraction of sp³-hybridized carbons (Fsp3) is 0.500. The van der Waals surface area contributed by atoms with Crippen molar-refractivity contribution in [2.45, 2.75) is 133 Å². The number of nitrogens with zero attached hydrogens (tertiary/aromatic N) is 2. The zero-order valence-electron chi connectivity index (χ0n) is 35.4. The number of amides is 2. The molecule has 0 radical (unpaired) electrons. The number of fused-ring (bicyclic) bond motifs is 5. The molecule has 2 amide bonds. The van der Waals surface area contributed by atoms with E-state index in [-0.39, 0.29) is 44.0 Å². The number of nitrogens with one attached hydrogen (secondary N) is 1. The molecule has 8 atom stereocenters. The number of likely N-dealkylation sites (tertiary alicyclic amines) is 1. The third kappa shape index (κ3) is 7.91. The highest BCUT2D eigenvalue weighted by Crippen LogP contribution is 2.59. The monoisotopic (exact) mass is 849 g/mol. The molecule has 5 fully saturated rings. The average molecular weight is 850 g/mol. The third-order valence-electron chi connectivity index (χ3n) is 13.1. The second kappa shape index (κ2) is 16.5. The van der Waals surface area contributed by atoms with Crippen LogP contribution in [-0.4, -0.2) is 111 Å². The topological polar surface area (TPSA) is 173 Å². The van der Waals surface area contributed by atoms with Crippen molar-refractivity contribution < 1.29 is 53.2 Å². The number of esters is 2. The van der Waals surface area contributed by atoms with Gasteiger partial charge in [0, 0.05) is 32.2 Å². The van der Waals surface area contributed by atoms with Crippen molar-refractivity contribution in [2.75, 3.05) is 13.2 Å². The summed E-state index contributed by atoms with van der Waals surface area (Å²) in [6.45, 7) is 5.34. The Labute approximate surface area is 361 Å². The van der Waals surface area contributed by atoms with E-state index in [1.165, 1.54) is 0 Å². The molecular weight excluding hydrogens is 795 g/mol. The van der Waals surface area contributed by atoms with Crippen LogP contribution in [0.15, 0.2) is 78.9 Å². The number of ether oxygens (including phenoxy) is 4. The number of rotatable bonds is 12. The Bertz CT molecular complexity index is 2230. The fourth-order valence-electron chi connectivity index (χ4n) is 10.5. The number of para-hydroxylation sites is 1. The highest BCUT2D eigenvalue weighted by atomic mass is 16.8. The number of carbonyl (C=O) groups excluding carboxylic acids is 4. The van der Waals surface area contributed by atoms with E-state index in [1.54, 1.807) is 42.9 Å². The summed E-state index contributed by atoms with van der Waals surface area (Å²) < 4.78 is 25.4. The zero-order valence-corrected chi connectivity index (χ0v) is 35.4. The highest BCUT2D eigenvalue weighted by Gasteiger charge is 2.77. The Kier molecular flexibility index (Phi) is 11.3. The molecule has 1 spiro atoms. The number of hydrogen-bond donors (Lipinski definition) is 3. The van der Waals surface area contributed by atoms with Gasteiger partial charge in [-0.2, -0.15) is 5.06 Å². The predicted octanol–water partition coefficient (Wildman–Crippen LogP) is 4.32. The predicted molar refractivity (Wildman–Crippen MR) is 224 cm³/mol. The first kappa shape index (κ1) is 42.2. The summed E-state index contributed by atoms with van der Waals surface area (Å²) in [5.74, 6) is -2.66. The number of phenolic OH excluding ortho intramolecular Hbond substituents is 1. The Balaban J connectivity index is 0.992. The molecule has 14 nitrogen and oxygen atoms in total. The number of aromatic hydroxyl groups is 1. The minimum atomic E-state index is -1.48. The van der Waals surface area contributed by atoms with Crippen molar-refractivity contribution >= 4 is 29.8 Å². The maximum atomic E-state index is 15.5. The number of hydroxylamine groups is 2. The minimum Gasteiger partial charge on any atom is -0.508 e. The van der Waals surface area contributed by atoms with Gasteiger partial charge in [-0.15, -0.1) is 0 Å². The summed E-state index contributed by atoms with van der Waals surface area (Å²) in [6, 6.07) is 20.3. The SMILES string of the molecule is CC(C)(C)OC(=O)CC[C@@H](CO)NC(=O)[C@H]1CCCN1C(=O)[C@@]12C[C@H]3OC(=O)[C@@H]1N(Cc1cccc(C=CCc4ccccc4O)c1)O[C@@H]2[C@H]1OC2(Cc4ccccc4C2)O[C@H]13. The van der Waals surface area contributed by atoms with E-state index in [0.717, 1.165) is 27.8 Å². The first-order valence-corrected chi connectivity index (χ1v) is 21.8. The first-order chi connectivity index (χ1) is 29.8. The van der Waals surface area contributed by atoms with E-state index < -0.39 is 83.8 Å². The second-order valence-electron chi connectivity index (χ2n) is 18.6. The quantitative estimate of drug-likeness (QED) is 0.221. The smallest absolute Gasteiger partial charge is 0.327 e. The summed E-state index contributed by atoms with van der Waals surface area (Å²) >= 11 is 0. The van der Waals surface area contributed by atoms with Crippen molar-refractivity contribution in [1.82, 2.24) is 15.3 Å². The molecule has 14 heteroatoms. The number of carbonyl (C=O) groups is 4. The number of aliphatic hydroxyl groups excluding tert-OH is 1. The lowest BCUT2D eigenvalue weighted by molar-refractivity contribution is -0.218. The third-order valence-corrected chi connectivity index (χ3v) is 13.1. The van der Waals surface area contributed by atoms with Crippen molar-refractivity contribution in [3.05, 3.63) is 107 Å². The van der Waals surface area contributed by atoms with Crippen LogP contribution < -0.4 is 5.32 Å². The van der Waals surface area contributed by atoms with Crippen molar-refractivity contribution in [3.63, 3.8) is 0 Å². The Morgan fingerprint density at radius 3 is 2.48 bits per heavy atom. The molecule has 2 aliphatic carbocycles. The van der Waals surface area contributed by atoms with Gasteiger partial charge in [0.2, 0.25) is 11.8 Å². The van der Waals surface area contributed by atoms with E-state index in [9.17, 15) is 24.6 Å². The van der Waals surface area contributed by atoms with Gasteiger partial charge in [-0.3, -0.25) is 24.0 Å². The molecule has 2 bridgehead atoms. The standard InChI is InChI=1S/C48H55N3O11/c1-46(2,3)59-38(54)21-20-34(28-52)49-43(55)35-18-10-22-50(35)45(57)48-26-37-39-40(61-47(60-39)24-32-15-4-5-16-33(32)25-47)42(48)62-51(41(48)44(56)58-37)27-30-13-8-11-29(23-30)12-9-17-31-14-6-7-19-36(31)53/h4-9,11-16,19,23,34-35,37,39-42,52-53H,10,17-18,20-22,24-28H2,1-3H3,(H,49,55)/t34-,35+,37+,39-,40-,41-,42+,48-/m0/s1. The van der Waals surface area contributed by atoms with Crippen LogP contribution in [0.4, 0.5) is 0 Å². The maximum absolute atomic E-state index is 15.5. The Morgan fingerprint density at radius 1 is 1.00 bits per heavy atom. The van der Waals surface area contributed by atoms with E-state index in [0.29, 0.717) is 32.1 Å². The van der Waals surface area contributed by atoms with Crippen molar-refractivity contribution in [1.29, 1.82) is 0 Å². The largest absolute Gasteiger partial charge is 0.508 e. The van der Waals surface area contributed by atoms with Crippen molar-refractivity contribution in [2.24, 2.45) is 5.41 Å². The fourth-order valence-corrected chi connectivity index (χ4v) is 10.5. The van der Waals surface area contributed by atoms with Gasteiger partial charge in [0.05, 0.1) is 19.2 Å². The Hall–Kier alpha value is -5.12. The van der Waals surface area contributed by atoms with Gasteiger partial charge < -0.3 is 39.4 Å². The van der Waals surface area contributed by atoms with Gasteiger partial charge in [-0.25, -0.2) is 0 Å². The molecule has 4 saturated heterocycles. The average Bonchev–Trinajstić information content (AvgIpc) is 4.03. The van der Waals surface area contributed by atoms with Crippen LogP contribution in [-0.2, 0) is 68.8 Å². The molecule has 62 heavy (non-hydrogen) atoms. The van der Waals surface area contributed by atoms with Gasteiger partial charge in [-0.05, 0) is 80.3 Å². The Morgan fingerprint density at radius 2 is 1.74 bits per heavy atom. The molecule has 6 aliphatic rings. The molecule has 3 aromatic carbocycles. The lowest BCUT2D eigenvalue weighted by Crippen LogP contribution is -2.70. The zero-order chi connectivity index (χ0) is 43.4. The van der Waals surface area contributed by atoms with Crippen LogP contribution in [0.25, 0.3) is 6.08 Å². The van der Waals surface area contributed by atoms with Gasteiger partial charge in [0.1, 0.15) is 47.2 Å². The summed E-state index contributed by atoms with van der Waals surface area (Å²) in [4.78, 5) is 64.9. The van der Waals surface area contributed by atoms with E-state index in [2.05, 4.69) is 17.4 Å². The van der Waals surface area contributed by atoms with Crippen molar-refractivity contribution in [3.8, 4) is 5.75 Å². The maximum Gasteiger partial charge on any atom is 0.327 e. The van der Waals surface area contributed by atoms with Gasteiger partial charge >= 0.3 is 11.9 Å². The number of aliphatic hydroxyl groups is 1. The molecule has 4 aliphatic heterocycles. The van der Waals surface area contributed by atoms with E-state index >= 15 is 4.79 Å². The highest BCUT2D eigenvalue weighted by molar-refractivity contribution is 5.96. The van der Waals surface area contributed by atoms with E-state index in [4.69, 9.17) is 23.8 Å². The normalized spacial score (nSPS) is 28.8. The molecule has 328 valence electrons. The summed E-state index contributed by atoms with van der Waals surface area (Å²) in [5.41, 5.74) is 2.60. The summed E-state index contributed by atoms with van der Waals surface area (Å²) in [7, 11) is 0. The van der Waals surface area contributed by atoms with Crippen LogP contribution in [0.3, 0.4) is 0 Å². The molecule has 3 N–H and O–H groups in total. The summed E-state index contributed by atoms with van der Waals surface area (Å²) in [5, 5.41) is 24.9. The molecule has 0 unspecified atom stereocenters. The van der Waals surface area contributed by atoms with Crippen LogP contribution in [0.1, 0.15) is 80.7 Å². The van der Waals surface area contributed by atoms with E-state index in [1.807, 2.05) is 60.7 Å². The number of hydrogen-bond acceptors (Lipinski definition) is 12.